The van der Waals surface area contributed by atoms with Gasteiger partial charge in [-0.25, -0.2) is 8.42 Å². The molecule has 3 aromatic carbocycles. The molecule has 35 heavy (non-hydrogen) atoms. The van der Waals surface area contributed by atoms with E-state index in [0.29, 0.717) is 18.0 Å². The number of aryl methyl sites for hydroxylation is 3. The van der Waals surface area contributed by atoms with Crippen molar-refractivity contribution >= 4 is 10.0 Å². The fourth-order valence-electron chi connectivity index (χ4n) is 5.63. The SMILES string of the molecule is Cc1ccc(C)c(-c2ccc([C@@H]3[C@@H](O)N4CCCCN(S(=O)(=O)c5ccccc5C)C[C@@H]34)cc2)c1. The maximum Gasteiger partial charge on any atom is 0.243 e. The molecule has 184 valence electrons. The van der Waals surface area contributed by atoms with Crippen molar-refractivity contribution in [2.24, 2.45) is 0 Å². The van der Waals surface area contributed by atoms with E-state index in [1.54, 1.807) is 16.4 Å². The first kappa shape index (κ1) is 24.2. The molecule has 1 N–H and O–H groups in total. The lowest BCUT2D eigenvalue weighted by Gasteiger charge is -2.55. The van der Waals surface area contributed by atoms with Crippen molar-refractivity contribution in [1.82, 2.24) is 9.21 Å². The van der Waals surface area contributed by atoms with Gasteiger partial charge in [-0.3, -0.25) is 4.90 Å². The molecule has 0 spiro atoms. The summed E-state index contributed by atoms with van der Waals surface area (Å²) in [7, 11) is -3.60. The molecule has 5 rings (SSSR count). The van der Waals surface area contributed by atoms with E-state index in [9.17, 15) is 13.5 Å². The van der Waals surface area contributed by atoms with Gasteiger partial charge in [0.15, 0.2) is 0 Å². The van der Waals surface area contributed by atoms with Crippen LogP contribution in [0.3, 0.4) is 0 Å². The molecule has 6 heteroatoms. The van der Waals surface area contributed by atoms with Crippen LogP contribution in [0.15, 0.2) is 71.6 Å². The Bertz CT molecular complexity index is 1320. The monoisotopic (exact) mass is 490 g/mol. The average molecular weight is 491 g/mol. The second-order valence-electron chi connectivity index (χ2n) is 10.0. The molecule has 2 heterocycles. The summed E-state index contributed by atoms with van der Waals surface area (Å²) >= 11 is 0. The minimum absolute atomic E-state index is 0.0457. The number of hydrogen-bond acceptors (Lipinski definition) is 4. The van der Waals surface area contributed by atoms with Gasteiger partial charge in [-0.05, 0) is 67.5 Å². The molecule has 3 atom stereocenters. The Morgan fingerprint density at radius 1 is 0.857 bits per heavy atom. The van der Waals surface area contributed by atoms with Crippen molar-refractivity contribution in [2.45, 2.75) is 56.7 Å². The molecule has 3 aromatic rings. The topological polar surface area (TPSA) is 60.9 Å². The van der Waals surface area contributed by atoms with E-state index >= 15 is 0 Å². The molecule has 0 aromatic heterocycles. The lowest BCUT2D eigenvalue weighted by Crippen LogP contribution is -2.66. The third-order valence-corrected chi connectivity index (χ3v) is 9.70. The molecular weight excluding hydrogens is 456 g/mol. The molecule has 0 radical (unpaired) electrons. The molecule has 2 fully saturated rings. The molecule has 2 aliphatic rings. The molecule has 0 saturated carbocycles. The number of hydrogen-bond donors (Lipinski definition) is 1. The smallest absolute Gasteiger partial charge is 0.243 e. The van der Waals surface area contributed by atoms with Crippen LogP contribution in [0.2, 0.25) is 0 Å². The number of aliphatic hydroxyl groups is 1. The van der Waals surface area contributed by atoms with Crippen LogP contribution < -0.4 is 0 Å². The minimum atomic E-state index is -3.60. The summed E-state index contributed by atoms with van der Waals surface area (Å²) in [5.41, 5.74) is 6.65. The van der Waals surface area contributed by atoms with Crippen LogP contribution in [-0.2, 0) is 10.0 Å². The maximum atomic E-state index is 13.6. The van der Waals surface area contributed by atoms with Crippen LogP contribution in [0.25, 0.3) is 11.1 Å². The fourth-order valence-corrected chi connectivity index (χ4v) is 7.36. The van der Waals surface area contributed by atoms with E-state index in [1.807, 2.05) is 19.1 Å². The van der Waals surface area contributed by atoms with Gasteiger partial charge in [-0.2, -0.15) is 4.31 Å². The van der Waals surface area contributed by atoms with Gasteiger partial charge < -0.3 is 5.11 Å². The van der Waals surface area contributed by atoms with Crippen LogP contribution in [0.1, 0.15) is 41.0 Å². The highest BCUT2D eigenvalue weighted by Crippen LogP contribution is 2.42. The van der Waals surface area contributed by atoms with E-state index in [1.165, 1.54) is 16.7 Å². The van der Waals surface area contributed by atoms with Gasteiger partial charge in [-0.15, -0.1) is 0 Å². The number of rotatable bonds is 4. The fraction of sp³-hybridized carbons (Fsp3) is 0.379. The number of nitrogens with zero attached hydrogens (tertiary/aromatic N) is 2. The minimum Gasteiger partial charge on any atom is -0.378 e. The first-order valence-electron chi connectivity index (χ1n) is 12.4. The summed E-state index contributed by atoms with van der Waals surface area (Å²) in [6.45, 7) is 7.75. The number of aliphatic hydroxyl groups excluding tert-OH is 1. The molecule has 2 saturated heterocycles. The molecule has 2 aliphatic heterocycles. The van der Waals surface area contributed by atoms with Gasteiger partial charge >= 0.3 is 0 Å². The van der Waals surface area contributed by atoms with Crippen molar-refractivity contribution in [3.63, 3.8) is 0 Å². The quantitative estimate of drug-likeness (QED) is 0.568. The van der Waals surface area contributed by atoms with Crippen molar-refractivity contribution in [1.29, 1.82) is 0 Å². The standard InChI is InChI=1S/C29H34N2O3S/c1-20-10-11-21(2)25(18-20)23-12-14-24(15-13-23)28-26-19-30(16-6-7-17-31(26)29(28)32)35(33,34)27-9-5-4-8-22(27)3/h4-5,8-15,18,26,28-29,32H,6-7,16-17,19H2,1-3H3/t26-,28-,29+/m0/s1. The van der Waals surface area contributed by atoms with Crippen molar-refractivity contribution in [2.75, 3.05) is 19.6 Å². The molecule has 0 bridgehead atoms. The van der Waals surface area contributed by atoms with E-state index in [4.69, 9.17) is 0 Å². The van der Waals surface area contributed by atoms with Crippen molar-refractivity contribution < 1.29 is 13.5 Å². The number of benzene rings is 3. The van der Waals surface area contributed by atoms with Crippen LogP contribution in [-0.4, -0.2) is 54.6 Å². The van der Waals surface area contributed by atoms with E-state index in [0.717, 1.165) is 36.1 Å². The van der Waals surface area contributed by atoms with Crippen molar-refractivity contribution in [3.8, 4) is 11.1 Å². The summed E-state index contributed by atoms with van der Waals surface area (Å²) in [5, 5.41) is 11.0. The van der Waals surface area contributed by atoms with Gasteiger partial charge in [0.25, 0.3) is 0 Å². The lowest BCUT2D eigenvalue weighted by molar-refractivity contribution is -0.148. The zero-order chi connectivity index (χ0) is 24.7. The van der Waals surface area contributed by atoms with Gasteiger partial charge in [0.1, 0.15) is 6.23 Å². The normalized spacial score (nSPS) is 23.7. The summed E-state index contributed by atoms with van der Waals surface area (Å²) in [6, 6.07) is 22.0. The van der Waals surface area contributed by atoms with Crippen LogP contribution in [0, 0.1) is 20.8 Å². The highest BCUT2D eigenvalue weighted by molar-refractivity contribution is 7.89. The highest BCUT2D eigenvalue weighted by Gasteiger charge is 2.50. The molecule has 0 unspecified atom stereocenters. The molecule has 0 aliphatic carbocycles. The van der Waals surface area contributed by atoms with Crippen molar-refractivity contribution in [3.05, 3.63) is 89.0 Å². The van der Waals surface area contributed by atoms with E-state index in [-0.39, 0.29) is 12.0 Å². The highest BCUT2D eigenvalue weighted by atomic mass is 32.2. The summed E-state index contributed by atoms with van der Waals surface area (Å²) < 4.78 is 28.8. The predicted molar refractivity (Wildman–Crippen MR) is 140 cm³/mol. The Balaban J connectivity index is 1.42. The van der Waals surface area contributed by atoms with Gasteiger partial charge in [0, 0.05) is 31.6 Å². The van der Waals surface area contributed by atoms with E-state index in [2.05, 4.69) is 61.2 Å². The average Bonchev–Trinajstić information content (AvgIpc) is 2.82. The Morgan fingerprint density at radius 3 is 2.31 bits per heavy atom. The Hall–Kier alpha value is -2.51. The summed E-state index contributed by atoms with van der Waals surface area (Å²) in [6.07, 6.45) is 1.06. The first-order valence-corrected chi connectivity index (χ1v) is 13.9. The van der Waals surface area contributed by atoms with Gasteiger partial charge in [-0.1, -0.05) is 66.2 Å². The zero-order valence-corrected chi connectivity index (χ0v) is 21.5. The molecule has 0 amide bonds. The van der Waals surface area contributed by atoms with Crippen LogP contribution in [0.5, 0.6) is 0 Å². The largest absolute Gasteiger partial charge is 0.378 e. The second-order valence-corrected chi connectivity index (χ2v) is 11.9. The third kappa shape index (κ3) is 4.45. The molecule has 5 nitrogen and oxygen atoms in total. The zero-order valence-electron chi connectivity index (χ0n) is 20.7. The van der Waals surface area contributed by atoms with Gasteiger partial charge in [0.05, 0.1) is 4.90 Å². The Kier molecular flexibility index (Phi) is 6.57. The third-order valence-electron chi connectivity index (χ3n) is 7.68. The Morgan fingerprint density at radius 2 is 1.57 bits per heavy atom. The van der Waals surface area contributed by atoms with Crippen LogP contribution >= 0.6 is 0 Å². The summed E-state index contributed by atoms with van der Waals surface area (Å²) in [5.74, 6) is -0.115. The Labute approximate surface area is 209 Å². The van der Waals surface area contributed by atoms with Crippen LogP contribution in [0.4, 0.5) is 0 Å². The van der Waals surface area contributed by atoms with E-state index < -0.39 is 16.3 Å². The lowest BCUT2D eigenvalue weighted by atomic mass is 9.79. The number of fused-ring (bicyclic) bond motifs is 1. The molecular formula is C29H34N2O3S. The van der Waals surface area contributed by atoms with Gasteiger partial charge in [0.2, 0.25) is 10.0 Å². The second kappa shape index (κ2) is 9.51. The summed E-state index contributed by atoms with van der Waals surface area (Å²) in [4.78, 5) is 2.45. The maximum absolute atomic E-state index is 13.6. The number of sulfonamides is 1. The first-order chi connectivity index (χ1) is 16.8. The predicted octanol–water partition coefficient (Wildman–Crippen LogP) is 4.85.